The molecule has 0 unspecified atom stereocenters. The first-order valence-electron chi connectivity index (χ1n) is 5.40. The van der Waals surface area contributed by atoms with Crippen molar-refractivity contribution in [2.24, 2.45) is 0 Å². The van der Waals surface area contributed by atoms with E-state index in [-0.39, 0.29) is 0 Å². The lowest BCUT2D eigenvalue weighted by atomic mass is 10.1. The minimum Gasteiger partial charge on any atom is -0.357 e. The molecule has 0 atom stereocenters. The highest BCUT2D eigenvalue weighted by Gasteiger charge is 2.12. The molecule has 0 amide bonds. The van der Waals surface area contributed by atoms with E-state index in [4.69, 9.17) is 0 Å². The van der Waals surface area contributed by atoms with Crippen LogP contribution in [0.2, 0.25) is 0 Å². The molecular formula is C11H15N3O. The fourth-order valence-electron chi connectivity index (χ4n) is 1.86. The summed E-state index contributed by atoms with van der Waals surface area (Å²) in [4.78, 5) is 21.1. The number of hydrogen-bond acceptors (Lipinski definition) is 4. The van der Waals surface area contributed by atoms with Gasteiger partial charge in [-0.05, 0) is 25.3 Å². The molecule has 0 bridgehead atoms. The zero-order chi connectivity index (χ0) is 10.5. The summed E-state index contributed by atoms with van der Waals surface area (Å²) in [6.45, 7) is 2.13. The van der Waals surface area contributed by atoms with Crippen LogP contribution in [0, 0.1) is 0 Å². The molecule has 1 aliphatic rings. The van der Waals surface area contributed by atoms with Crippen LogP contribution in [0.3, 0.4) is 0 Å². The van der Waals surface area contributed by atoms with Crippen molar-refractivity contribution < 1.29 is 4.79 Å². The lowest BCUT2D eigenvalue weighted by Gasteiger charge is -2.27. The van der Waals surface area contributed by atoms with Gasteiger partial charge in [-0.3, -0.25) is 0 Å². The summed E-state index contributed by atoms with van der Waals surface area (Å²) in [6.07, 6.45) is 6.65. The Bertz CT molecular complexity index is 334. The second kappa shape index (κ2) is 4.87. The Balaban J connectivity index is 2.12. The highest BCUT2D eigenvalue weighted by atomic mass is 16.1. The maximum atomic E-state index is 10.4. The first-order valence-corrected chi connectivity index (χ1v) is 5.40. The SMILES string of the molecule is O=CCc1nccc(N2CCCCC2)n1. The van der Waals surface area contributed by atoms with Gasteiger partial charge in [0.25, 0.3) is 0 Å². The van der Waals surface area contributed by atoms with Crippen molar-refractivity contribution in [1.29, 1.82) is 0 Å². The van der Waals surface area contributed by atoms with E-state index >= 15 is 0 Å². The third-order valence-electron chi connectivity index (χ3n) is 2.64. The molecule has 15 heavy (non-hydrogen) atoms. The maximum Gasteiger partial charge on any atom is 0.137 e. The standard InChI is InChI=1S/C11H15N3O/c15-9-5-10-12-6-4-11(13-10)14-7-2-1-3-8-14/h4,6,9H,1-3,5,7-8H2. The predicted molar refractivity (Wildman–Crippen MR) is 57.9 cm³/mol. The molecule has 0 aromatic carbocycles. The number of aldehydes is 1. The number of nitrogens with zero attached hydrogens (tertiary/aromatic N) is 3. The van der Waals surface area contributed by atoms with Gasteiger partial charge >= 0.3 is 0 Å². The molecule has 2 rings (SSSR count). The van der Waals surface area contributed by atoms with Gasteiger partial charge in [0.05, 0.1) is 6.42 Å². The second-order valence-electron chi connectivity index (χ2n) is 3.75. The Kier molecular flexibility index (Phi) is 3.27. The zero-order valence-electron chi connectivity index (χ0n) is 8.72. The second-order valence-corrected chi connectivity index (χ2v) is 3.75. The van der Waals surface area contributed by atoms with E-state index in [0.29, 0.717) is 12.2 Å². The fourth-order valence-corrected chi connectivity index (χ4v) is 1.86. The molecule has 1 aromatic rings. The Morgan fingerprint density at radius 1 is 1.33 bits per heavy atom. The predicted octanol–water partition coefficient (Wildman–Crippen LogP) is 1.21. The molecule has 0 N–H and O–H groups in total. The summed E-state index contributed by atoms with van der Waals surface area (Å²) >= 11 is 0. The van der Waals surface area contributed by atoms with Crippen LogP contribution >= 0.6 is 0 Å². The lowest BCUT2D eigenvalue weighted by molar-refractivity contribution is -0.107. The van der Waals surface area contributed by atoms with E-state index in [1.807, 2.05) is 6.07 Å². The van der Waals surface area contributed by atoms with Crippen molar-refractivity contribution in [2.45, 2.75) is 25.7 Å². The average molecular weight is 205 g/mol. The first kappa shape index (κ1) is 10.1. The van der Waals surface area contributed by atoms with Gasteiger partial charge in [0, 0.05) is 19.3 Å². The average Bonchev–Trinajstić information content (AvgIpc) is 2.31. The number of hydrogen-bond donors (Lipinski definition) is 0. The van der Waals surface area contributed by atoms with Crippen LogP contribution in [0.4, 0.5) is 5.82 Å². The number of carbonyl (C=O) groups is 1. The Morgan fingerprint density at radius 2 is 2.13 bits per heavy atom. The van der Waals surface area contributed by atoms with Gasteiger partial charge in [-0.2, -0.15) is 0 Å². The monoisotopic (exact) mass is 205 g/mol. The highest BCUT2D eigenvalue weighted by molar-refractivity contribution is 5.53. The maximum absolute atomic E-state index is 10.4. The quantitative estimate of drug-likeness (QED) is 0.696. The molecule has 1 aromatic heterocycles. The van der Waals surface area contributed by atoms with Gasteiger partial charge in [-0.1, -0.05) is 0 Å². The molecule has 2 heterocycles. The van der Waals surface area contributed by atoms with Crippen LogP contribution in [0.25, 0.3) is 0 Å². The third kappa shape index (κ3) is 2.52. The van der Waals surface area contributed by atoms with Gasteiger partial charge in [-0.15, -0.1) is 0 Å². The van der Waals surface area contributed by atoms with Crippen molar-refractivity contribution in [1.82, 2.24) is 9.97 Å². The van der Waals surface area contributed by atoms with E-state index in [1.54, 1.807) is 6.20 Å². The minimum atomic E-state index is 0.307. The number of rotatable bonds is 3. The summed E-state index contributed by atoms with van der Waals surface area (Å²) in [6, 6.07) is 1.92. The van der Waals surface area contributed by atoms with E-state index in [1.165, 1.54) is 19.3 Å². The van der Waals surface area contributed by atoms with Crippen LogP contribution in [0.1, 0.15) is 25.1 Å². The van der Waals surface area contributed by atoms with Gasteiger partial charge in [-0.25, -0.2) is 9.97 Å². The molecule has 1 aliphatic heterocycles. The Morgan fingerprint density at radius 3 is 2.87 bits per heavy atom. The van der Waals surface area contributed by atoms with E-state index in [2.05, 4.69) is 14.9 Å². The largest absolute Gasteiger partial charge is 0.357 e. The molecule has 0 spiro atoms. The lowest BCUT2D eigenvalue weighted by Crippen LogP contribution is -2.30. The molecule has 4 nitrogen and oxygen atoms in total. The molecule has 1 saturated heterocycles. The van der Waals surface area contributed by atoms with E-state index in [9.17, 15) is 4.79 Å². The van der Waals surface area contributed by atoms with Gasteiger partial charge in [0.2, 0.25) is 0 Å². The van der Waals surface area contributed by atoms with Crippen molar-refractivity contribution in [3.63, 3.8) is 0 Å². The molecule has 1 fully saturated rings. The van der Waals surface area contributed by atoms with Crippen LogP contribution in [0.5, 0.6) is 0 Å². The van der Waals surface area contributed by atoms with Gasteiger partial charge < -0.3 is 9.69 Å². The smallest absolute Gasteiger partial charge is 0.137 e. The summed E-state index contributed by atoms with van der Waals surface area (Å²) in [5.41, 5.74) is 0. The van der Waals surface area contributed by atoms with Crippen LogP contribution in [-0.2, 0) is 11.2 Å². The van der Waals surface area contributed by atoms with Crippen LogP contribution in [0.15, 0.2) is 12.3 Å². The third-order valence-corrected chi connectivity index (χ3v) is 2.64. The molecule has 80 valence electrons. The highest BCUT2D eigenvalue weighted by Crippen LogP contribution is 2.16. The number of anilines is 1. The summed E-state index contributed by atoms with van der Waals surface area (Å²) < 4.78 is 0. The molecular weight excluding hydrogens is 190 g/mol. The number of aromatic nitrogens is 2. The van der Waals surface area contributed by atoms with Crippen molar-refractivity contribution in [3.8, 4) is 0 Å². The van der Waals surface area contributed by atoms with Crippen molar-refractivity contribution in [2.75, 3.05) is 18.0 Å². The normalized spacial score (nSPS) is 16.4. The van der Waals surface area contributed by atoms with Gasteiger partial charge in [0.15, 0.2) is 0 Å². The van der Waals surface area contributed by atoms with Crippen LogP contribution < -0.4 is 4.90 Å². The van der Waals surface area contributed by atoms with E-state index < -0.39 is 0 Å². The Labute approximate surface area is 89.3 Å². The number of carbonyl (C=O) groups excluding carboxylic acids is 1. The molecule has 0 saturated carbocycles. The topological polar surface area (TPSA) is 46.1 Å². The zero-order valence-corrected chi connectivity index (χ0v) is 8.72. The van der Waals surface area contributed by atoms with Crippen LogP contribution in [-0.4, -0.2) is 29.3 Å². The van der Waals surface area contributed by atoms with Crippen molar-refractivity contribution in [3.05, 3.63) is 18.1 Å². The summed E-state index contributed by atoms with van der Waals surface area (Å²) in [7, 11) is 0. The van der Waals surface area contributed by atoms with Crippen molar-refractivity contribution >= 4 is 12.1 Å². The minimum absolute atomic E-state index is 0.307. The Hall–Kier alpha value is -1.45. The summed E-state index contributed by atoms with van der Waals surface area (Å²) in [5.74, 6) is 1.58. The molecule has 0 radical (unpaired) electrons. The number of piperidine rings is 1. The molecule has 4 heteroatoms. The van der Waals surface area contributed by atoms with E-state index in [0.717, 1.165) is 25.2 Å². The summed E-state index contributed by atoms with van der Waals surface area (Å²) in [5, 5.41) is 0. The fraction of sp³-hybridized carbons (Fsp3) is 0.545. The molecule has 0 aliphatic carbocycles. The van der Waals surface area contributed by atoms with Gasteiger partial charge in [0.1, 0.15) is 17.9 Å². The first-order chi connectivity index (χ1) is 7.40.